The van der Waals surface area contributed by atoms with Gasteiger partial charge in [0, 0.05) is 12.4 Å². The van der Waals surface area contributed by atoms with E-state index in [9.17, 15) is 4.79 Å². The van der Waals surface area contributed by atoms with Crippen molar-refractivity contribution < 1.29 is 4.79 Å². The van der Waals surface area contributed by atoms with Gasteiger partial charge >= 0.3 is 0 Å². The van der Waals surface area contributed by atoms with Crippen molar-refractivity contribution in [2.24, 2.45) is 0 Å². The number of imidazole rings is 1. The zero-order chi connectivity index (χ0) is 11.7. The standard InChI is InChI=1S/C13H13N3O/c17-11(16-12-14-8-9-15-12)13(6-7-13)10-4-2-1-3-5-10/h1-5,8-9H,6-7H2,(H2,14,15,16,17). The Bertz CT molecular complexity index is 515. The lowest BCUT2D eigenvalue weighted by molar-refractivity contribution is -0.118. The molecule has 1 fully saturated rings. The summed E-state index contributed by atoms with van der Waals surface area (Å²) in [7, 11) is 0. The van der Waals surface area contributed by atoms with E-state index < -0.39 is 0 Å². The molecule has 17 heavy (non-hydrogen) atoms. The summed E-state index contributed by atoms with van der Waals surface area (Å²) in [4.78, 5) is 19.1. The highest BCUT2D eigenvalue weighted by molar-refractivity contribution is 6.00. The van der Waals surface area contributed by atoms with Crippen LogP contribution in [0.5, 0.6) is 0 Å². The number of amides is 1. The summed E-state index contributed by atoms with van der Waals surface area (Å²) < 4.78 is 0. The zero-order valence-corrected chi connectivity index (χ0v) is 9.31. The lowest BCUT2D eigenvalue weighted by atomic mass is 9.95. The molecule has 2 aromatic rings. The van der Waals surface area contributed by atoms with Gasteiger partial charge in [0.1, 0.15) is 0 Å². The maximum absolute atomic E-state index is 12.2. The molecule has 0 aliphatic heterocycles. The molecule has 1 amide bonds. The lowest BCUT2D eigenvalue weighted by Gasteiger charge is -2.14. The predicted molar refractivity (Wildman–Crippen MR) is 64.6 cm³/mol. The smallest absolute Gasteiger partial charge is 0.237 e. The third-order valence-electron chi connectivity index (χ3n) is 3.24. The van der Waals surface area contributed by atoms with Crippen LogP contribution in [0.15, 0.2) is 42.7 Å². The summed E-state index contributed by atoms with van der Waals surface area (Å²) >= 11 is 0. The molecule has 0 radical (unpaired) electrons. The summed E-state index contributed by atoms with van der Waals surface area (Å²) in [5.41, 5.74) is 0.748. The zero-order valence-electron chi connectivity index (χ0n) is 9.31. The van der Waals surface area contributed by atoms with Crippen LogP contribution in [0.2, 0.25) is 0 Å². The fourth-order valence-electron chi connectivity index (χ4n) is 2.09. The predicted octanol–water partition coefficient (Wildman–Crippen LogP) is 2.08. The number of H-pyrrole nitrogens is 1. The monoisotopic (exact) mass is 227 g/mol. The Morgan fingerprint density at radius 1 is 1.29 bits per heavy atom. The largest absolute Gasteiger partial charge is 0.331 e. The van der Waals surface area contributed by atoms with Gasteiger partial charge in [0.15, 0.2) is 0 Å². The van der Waals surface area contributed by atoms with Gasteiger partial charge in [0.05, 0.1) is 5.41 Å². The van der Waals surface area contributed by atoms with E-state index in [0.29, 0.717) is 5.95 Å². The molecule has 1 aromatic carbocycles. The Balaban J connectivity index is 1.82. The number of nitrogens with one attached hydrogen (secondary N) is 2. The molecular formula is C13H13N3O. The van der Waals surface area contributed by atoms with Gasteiger partial charge in [-0.3, -0.25) is 10.1 Å². The Kier molecular flexibility index (Phi) is 2.21. The normalized spacial score (nSPS) is 16.5. The molecule has 0 atom stereocenters. The van der Waals surface area contributed by atoms with Gasteiger partial charge in [-0.2, -0.15) is 0 Å². The molecule has 0 spiro atoms. The molecule has 86 valence electrons. The third kappa shape index (κ3) is 1.71. The Morgan fingerprint density at radius 2 is 2.06 bits per heavy atom. The molecular weight excluding hydrogens is 214 g/mol. The number of carbonyl (C=O) groups excluding carboxylic acids is 1. The van der Waals surface area contributed by atoms with Crippen molar-refractivity contribution in [1.82, 2.24) is 9.97 Å². The van der Waals surface area contributed by atoms with Crippen LogP contribution < -0.4 is 5.32 Å². The summed E-state index contributed by atoms with van der Waals surface area (Å²) in [5.74, 6) is 0.538. The average molecular weight is 227 g/mol. The SMILES string of the molecule is O=C(Nc1ncc[nH]1)C1(c2ccccc2)CC1. The molecule has 2 N–H and O–H groups in total. The van der Waals surface area contributed by atoms with Crippen LogP contribution in [0, 0.1) is 0 Å². The van der Waals surface area contributed by atoms with Crippen molar-refractivity contribution in [2.75, 3.05) is 5.32 Å². The Hall–Kier alpha value is -2.10. The van der Waals surface area contributed by atoms with Crippen LogP contribution in [0.3, 0.4) is 0 Å². The third-order valence-corrected chi connectivity index (χ3v) is 3.24. The number of hydrogen-bond donors (Lipinski definition) is 2. The van der Waals surface area contributed by atoms with Crippen LogP contribution in [-0.2, 0) is 10.2 Å². The van der Waals surface area contributed by atoms with Gasteiger partial charge < -0.3 is 4.98 Å². The van der Waals surface area contributed by atoms with Crippen molar-refractivity contribution in [3.63, 3.8) is 0 Å². The highest BCUT2D eigenvalue weighted by Crippen LogP contribution is 2.48. The van der Waals surface area contributed by atoms with Crippen molar-refractivity contribution in [3.8, 4) is 0 Å². The summed E-state index contributed by atoms with van der Waals surface area (Å²) in [6, 6.07) is 9.92. The van der Waals surface area contributed by atoms with E-state index in [1.165, 1.54) is 0 Å². The van der Waals surface area contributed by atoms with Gasteiger partial charge in [-0.15, -0.1) is 0 Å². The number of aromatic nitrogens is 2. The molecule has 3 rings (SSSR count). The number of aromatic amines is 1. The van der Waals surface area contributed by atoms with E-state index in [-0.39, 0.29) is 11.3 Å². The first-order chi connectivity index (χ1) is 8.31. The minimum absolute atomic E-state index is 0.0265. The molecule has 1 heterocycles. The second-order valence-electron chi connectivity index (χ2n) is 4.34. The van der Waals surface area contributed by atoms with Crippen LogP contribution in [0.4, 0.5) is 5.95 Å². The van der Waals surface area contributed by atoms with Gasteiger partial charge in [-0.25, -0.2) is 4.98 Å². The second kappa shape index (κ2) is 3.73. The number of carbonyl (C=O) groups is 1. The Labute approximate surface area is 99.1 Å². The van der Waals surface area contributed by atoms with Crippen LogP contribution in [0.1, 0.15) is 18.4 Å². The lowest BCUT2D eigenvalue weighted by Crippen LogP contribution is -2.28. The average Bonchev–Trinajstić information content (AvgIpc) is 3.04. The molecule has 0 bridgehead atoms. The van der Waals surface area contributed by atoms with Crippen LogP contribution in [0.25, 0.3) is 0 Å². The molecule has 0 saturated heterocycles. The quantitative estimate of drug-likeness (QED) is 0.843. The first kappa shape index (κ1) is 10.1. The van der Waals surface area contributed by atoms with Gasteiger partial charge in [-0.1, -0.05) is 30.3 Å². The van der Waals surface area contributed by atoms with E-state index in [1.807, 2.05) is 30.3 Å². The number of rotatable bonds is 3. The first-order valence-corrected chi connectivity index (χ1v) is 5.68. The molecule has 1 aromatic heterocycles. The molecule has 1 saturated carbocycles. The van der Waals surface area contributed by atoms with Gasteiger partial charge in [-0.05, 0) is 18.4 Å². The van der Waals surface area contributed by atoms with Crippen LogP contribution in [-0.4, -0.2) is 15.9 Å². The summed E-state index contributed by atoms with van der Waals surface area (Å²) in [5, 5.41) is 2.82. The fourth-order valence-corrected chi connectivity index (χ4v) is 2.09. The Morgan fingerprint density at radius 3 is 2.65 bits per heavy atom. The maximum Gasteiger partial charge on any atom is 0.237 e. The minimum Gasteiger partial charge on any atom is -0.331 e. The van der Waals surface area contributed by atoms with E-state index in [1.54, 1.807) is 12.4 Å². The summed E-state index contributed by atoms with van der Waals surface area (Å²) in [6.45, 7) is 0. The van der Waals surface area contributed by atoms with Crippen LogP contribution >= 0.6 is 0 Å². The minimum atomic E-state index is -0.339. The second-order valence-corrected chi connectivity index (χ2v) is 4.34. The molecule has 1 aliphatic carbocycles. The number of hydrogen-bond acceptors (Lipinski definition) is 2. The van der Waals surface area contributed by atoms with Gasteiger partial charge in [0.25, 0.3) is 0 Å². The van der Waals surface area contributed by atoms with E-state index in [2.05, 4.69) is 15.3 Å². The molecule has 1 aliphatic rings. The molecule has 4 nitrogen and oxygen atoms in total. The highest BCUT2D eigenvalue weighted by atomic mass is 16.2. The first-order valence-electron chi connectivity index (χ1n) is 5.68. The van der Waals surface area contributed by atoms with Crippen molar-refractivity contribution >= 4 is 11.9 Å². The highest BCUT2D eigenvalue weighted by Gasteiger charge is 2.51. The molecule has 0 unspecified atom stereocenters. The topological polar surface area (TPSA) is 57.8 Å². The maximum atomic E-state index is 12.2. The van der Waals surface area contributed by atoms with Crippen molar-refractivity contribution in [2.45, 2.75) is 18.3 Å². The fraction of sp³-hybridized carbons (Fsp3) is 0.231. The van der Waals surface area contributed by atoms with E-state index in [0.717, 1.165) is 18.4 Å². The van der Waals surface area contributed by atoms with Crippen molar-refractivity contribution in [3.05, 3.63) is 48.3 Å². The number of nitrogens with zero attached hydrogens (tertiary/aromatic N) is 1. The number of anilines is 1. The van der Waals surface area contributed by atoms with Crippen molar-refractivity contribution in [1.29, 1.82) is 0 Å². The van der Waals surface area contributed by atoms with E-state index in [4.69, 9.17) is 0 Å². The van der Waals surface area contributed by atoms with Gasteiger partial charge in [0.2, 0.25) is 11.9 Å². The van der Waals surface area contributed by atoms with E-state index >= 15 is 0 Å². The summed E-state index contributed by atoms with van der Waals surface area (Å²) in [6.07, 6.45) is 5.13. The molecule has 4 heteroatoms. The number of benzene rings is 1.